The summed E-state index contributed by atoms with van der Waals surface area (Å²) in [6, 6.07) is 9.62. The van der Waals surface area contributed by atoms with Crippen molar-refractivity contribution in [2.24, 2.45) is 0 Å². The molecule has 3 rings (SSSR count). The molecule has 0 atom stereocenters. The lowest BCUT2D eigenvalue weighted by Gasteiger charge is -2.20. The number of sulfonamides is 1. The van der Waals surface area contributed by atoms with Gasteiger partial charge in [0.2, 0.25) is 21.7 Å². The Labute approximate surface area is 180 Å². The van der Waals surface area contributed by atoms with Crippen LogP contribution in [0.3, 0.4) is 0 Å². The van der Waals surface area contributed by atoms with Crippen LogP contribution in [0.1, 0.15) is 37.7 Å². The van der Waals surface area contributed by atoms with Crippen molar-refractivity contribution < 1.29 is 22.5 Å². The lowest BCUT2D eigenvalue weighted by atomic mass is 10.1. The van der Waals surface area contributed by atoms with Crippen LogP contribution in [-0.4, -0.2) is 36.6 Å². The first-order valence-corrected chi connectivity index (χ1v) is 11.5. The van der Waals surface area contributed by atoms with E-state index in [-0.39, 0.29) is 22.9 Å². The van der Waals surface area contributed by atoms with Crippen molar-refractivity contribution in [1.82, 2.24) is 4.31 Å². The van der Waals surface area contributed by atoms with Gasteiger partial charge in [-0.2, -0.15) is 8.70 Å². The van der Waals surface area contributed by atoms with Crippen LogP contribution < -0.4 is 5.32 Å². The Balaban J connectivity index is 1.58. The quantitative estimate of drug-likeness (QED) is 0.510. The average molecular weight is 450 g/mol. The number of amides is 1. The number of rotatable bonds is 7. The van der Waals surface area contributed by atoms with E-state index in [4.69, 9.17) is 0 Å². The lowest BCUT2D eigenvalue weighted by molar-refractivity contribution is -0.387. The zero-order valence-electron chi connectivity index (χ0n) is 16.9. The molecule has 0 radical (unpaired) electrons. The maximum atomic E-state index is 13.4. The summed E-state index contributed by atoms with van der Waals surface area (Å²) < 4.78 is 40.5. The fourth-order valence-electron chi connectivity index (χ4n) is 3.47. The van der Waals surface area contributed by atoms with E-state index < -0.39 is 26.5 Å². The molecule has 166 valence electrons. The zero-order chi connectivity index (χ0) is 22.4. The molecule has 0 unspecified atom stereocenters. The second-order valence-electron chi connectivity index (χ2n) is 7.43. The average Bonchev–Trinajstić information content (AvgIpc) is 3.04. The SMILES string of the molecule is O=C(CCc1ccc(S(=O)(=O)N2CCCCCC2)cc1)Nc1ccc(F)c([N+](=O)[O-])c1. The highest BCUT2D eigenvalue weighted by Crippen LogP contribution is 2.23. The van der Waals surface area contributed by atoms with Crippen LogP contribution in [0.2, 0.25) is 0 Å². The first kappa shape index (κ1) is 22.8. The van der Waals surface area contributed by atoms with Gasteiger partial charge in [0, 0.05) is 31.3 Å². The number of carbonyl (C=O) groups excluding carboxylic acids is 1. The van der Waals surface area contributed by atoms with Crippen molar-refractivity contribution in [1.29, 1.82) is 0 Å². The molecule has 0 aromatic heterocycles. The van der Waals surface area contributed by atoms with Crippen LogP contribution in [0, 0.1) is 15.9 Å². The molecule has 8 nitrogen and oxygen atoms in total. The van der Waals surface area contributed by atoms with Gasteiger partial charge in [-0.15, -0.1) is 0 Å². The van der Waals surface area contributed by atoms with E-state index in [0.717, 1.165) is 43.4 Å². The molecule has 2 aromatic rings. The maximum Gasteiger partial charge on any atom is 0.306 e. The largest absolute Gasteiger partial charge is 0.326 e. The van der Waals surface area contributed by atoms with Crippen molar-refractivity contribution >= 4 is 27.3 Å². The number of halogens is 1. The summed E-state index contributed by atoms with van der Waals surface area (Å²) in [5.41, 5.74) is 0.214. The van der Waals surface area contributed by atoms with E-state index in [1.807, 2.05) is 0 Å². The number of nitrogens with one attached hydrogen (secondary N) is 1. The molecule has 2 aromatic carbocycles. The molecule has 0 spiro atoms. The third-order valence-electron chi connectivity index (χ3n) is 5.19. The van der Waals surface area contributed by atoms with Gasteiger partial charge >= 0.3 is 5.69 Å². The third kappa shape index (κ3) is 5.86. The summed E-state index contributed by atoms with van der Waals surface area (Å²) in [5, 5.41) is 13.3. The van der Waals surface area contributed by atoms with Gasteiger partial charge in [-0.3, -0.25) is 14.9 Å². The summed E-state index contributed by atoms with van der Waals surface area (Å²) >= 11 is 0. The minimum atomic E-state index is -3.52. The highest BCUT2D eigenvalue weighted by molar-refractivity contribution is 7.89. The minimum absolute atomic E-state index is 0.0867. The molecule has 1 amide bonds. The molecule has 1 heterocycles. The van der Waals surface area contributed by atoms with Crippen molar-refractivity contribution in [3.05, 3.63) is 64.0 Å². The molecule has 1 aliphatic rings. The summed E-state index contributed by atoms with van der Waals surface area (Å²) in [6.45, 7) is 1.07. The number of hydrogen-bond acceptors (Lipinski definition) is 5. The van der Waals surface area contributed by atoms with E-state index in [2.05, 4.69) is 5.32 Å². The Hall–Kier alpha value is -2.85. The monoisotopic (exact) mass is 449 g/mol. The number of anilines is 1. The number of nitro benzene ring substituents is 1. The predicted octanol–water partition coefficient (Wildman–Crippen LogP) is 3.87. The van der Waals surface area contributed by atoms with E-state index >= 15 is 0 Å². The Kier molecular flexibility index (Phi) is 7.34. The van der Waals surface area contributed by atoms with Crippen LogP contribution in [0.5, 0.6) is 0 Å². The van der Waals surface area contributed by atoms with E-state index in [1.54, 1.807) is 24.3 Å². The van der Waals surface area contributed by atoms with Crippen molar-refractivity contribution in [3.8, 4) is 0 Å². The molecule has 1 saturated heterocycles. The molecule has 31 heavy (non-hydrogen) atoms. The number of hydrogen-bond donors (Lipinski definition) is 1. The smallest absolute Gasteiger partial charge is 0.306 e. The summed E-state index contributed by atoms with van der Waals surface area (Å²) in [4.78, 5) is 22.3. The van der Waals surface area contributed by atoms with Gasteiger partial charge in [0.1, 0.15) is 0 Å². The van der Waals surface area contributed by atoms with Crippen LogP contribution in [0.15, 0.2) is 47.4 Å². The number of nitrogens with zero attached hydrogens (tertiary/aromatic N) is 2. The van der Waals surface area contributed by atoms with Gasteiger partial charge in [-0.25, -0.2) is 8.42 Å². The fourth-order valence-corrected chi connectivity index (χ4v) is 4.99. The Morgan fingerprint density at radius 1 is 1.06 bits per heavy atom. The van der Waals surface area contributed by atoms with Crippen molar-refractivity contribution in [3.63, 3.8) is 0 Å². The van der Waals surface area contributed by atoms with Crippen molar-refractivity contribution in [2.45, 2.75) is 43.4 Å². The van der Waals surface area contributed by atoms with Gasteiger partial charge in [0.25, 0.3) is 0 Å². The molecule has 1 fully saturated rings. The number of carbonyl (C=O) groups is 1. The maximum absolute atomic E-state index is 13.4. The van der Waals surface area contributed by atoms with Gasteiger partial charge in [0.15, 0.2) is 0 Å². The fraction of sp³-hybridized carbons (Fsp3) is 0.381. The number of benzene rings is 2. The molecule has 10 heteroatoms. The number of nitro groups is 1. The zero-order valence-corrected chi connectivity index (χ0v) is 17.7. The van der Waals surface area contributed by atoms with E-state index in [0.29, 0.717) is 19.5 Å². The Bertz CT molecular complexity index is 1050. The van der Waals surface area contributed by atoms with Crippen molar-refractivity contribution in [2.75, 3.05) is 18.4 Å². The summed E-state index contributed by atoms with van der Waals surface area (Å²) in [5.74, 6) is -1.36. The first-order chi connectivity index (χ1) is 14.8. The summed E-state index contributed by atoms with van der Waals surface area (Å²) in [6.07, 6.45) is 4.26. The summed E-state index contributed by atoms with van der Waals surface area (Å²) in [7, 11) is -3.52. The van der Waals surface area contributed by atoms with Crippen LogP contribution in [-0.2, 0) is 21.2 Å². The first-order valence-electron chi connectivity index (χ1n) is 10.1. The van der Waals surface area contributed by atoms with Gasteiger partial charge in [-0.05, 0) is 49.1 Å². The van der Waals surface area contributed by atoms with E-state index in [9.17, 15) is 27.7 Å². The topological polar surface area (TPSA) is 110 Å². The molecular formula is C21H24FN3O5S. The normalized spacial score (nSPS) is 15.3. The second-order valence-corrected chi connectivity index (χ2v) is 9.37. The molecular weight excluding hydrogens is 425 g/mol. The van der Waals surface area contributed by atoms with Crippen LogP contribution in [0.4, 0.5) is 15.8 Å². The van der Waals surface area contributed by atoms with Gasteiger partial charge in [-0.1, -0.05) is 25.0 Å². The highest BCUT2D eigenvalue weighted by Gasteiger charge is 2.25. The highest BCUT2D eigenvalue weighted by atomic mass is 32.2. The molecule has 1 aliphatic heterocycles. The Morgan fingerprint density at radius 3 is 2.32 bits per heavy atom. The van der Waals surface area contributed by atoms with Crippen LogP contribution >= 0.6 is 0 Å². The lowest BCUT2D eigenvalue weighted by Crippen LogP contribution is -2.31. The minimum Gasteiger partial charge on any atom is -0.326 e. The standard InChI is InChI=1S/C21H24FN3O5S/c22-19-11-8-17(15-20(19)25(27)28)23-21(26)12-7-16-5-9-18(10-6-16)31(29,30)24-13-3-1-2-4-14-24/h5-6,8-11,15H,1-4,7,12-14H2,(H,23,26). The number of aryl methyl sites for hydroxylation is 1. The van der Waals surface area contributed by atoms with Crippen LogP contribution in [0.25, 0.3) is 0 Å². The molecule has 1 N–H and O–H groups in total. The van der Waals surface area contributed by atoms with Gasteiger partial charge < -0.3 is 5.32 Å². The molecule has 0 aliphatic carbocycles. The molecule has 0 bridgehead atoms. The predicted molar refractivity (Wildman–Crippen MR) is 114 cm³/mol. The Morgan fingerprint density at radius 2 is 1.71 bits per heavy atom. The third-order valence-corrected chi connectivity index (χ3v) is 7.11. The molecule has 0 saturated carbocycles. The van der Waals surface area contributed by atoms with Gasteiger partial charge in [0.05, 0.1) is 9.82 Å². The second kappa shape index (κ2) is 9.97. The van der Waals surface area contributed by atoms with E-state index in [1.165, 1.54) is 10.4 Å².